The molecule has 16 heavy (non-hydrogen) atoms. The Hall–Kier alpha value is 0.430. The molecular weight excluding hydrogens is 211 g/mol. The van der Waals surface area contributed by atoms with Crippen molar-refractivity contribution in [1.29, 1.82) is 0 Å². The van der Waals surface area contributed by atoms with E-state index in [-0.39, 0.29) is 0 Å². The SMILES string of the molecule is CCCCCCCCC[P]C1CCCCC1. The molecule has 0 aromatic heterocycles. The summed E-state index contributed by atoms with van der Waals surface area (Å²) >= 11 is 0. The number of hydrogen-bond acceptors (Lipinski definition) is 0. The van der Waals surface area contributed by atoms with Crippen molar-refractivity contribution in [1.82, 2.24) is 0 Å². The largest absolute Gasteiger partial charge is 0.0775 e. The van der Waals surface area contributed by atoms with Crippen molar-refractivity contribution >= 4 is 8.58 Å². The predicted molar refractivity (Wildman–Crippen MR) is 76.7 cm³/mol. The van der Waals surface area contributed by atoms with Gasteiger partial charge in [-0.15, -0.1) is 0 Å². The van der Waals surface area contributed by atoms with Crippen molar-refractivity contribution in [2.24, 2.45) is 0 Å². The maximum atomic E-state index is 2.29. The molecule has 0 aromatic carbocycles. The van der Waals surface area contributed by atoms with Crippen LogP contribution in [0.4, 0.5) is 0 Å². The Morgan fingerprint density at radius 3 is 2.12 bits per heavy atom. The van der Waals surface area contributed by atoms with Crippen molar-refractivity contribution in [2.45, 2.75) is 89.6 Å². The highest BCUT2D eigenvalue weighted by molar-refractivity contribution is 7.38. The third-order valence-corrected chi connectivity index (χ3v) is 5.33. The summed E-state index contributed by atoms with van der Waals surface area (Å²) in [6.45, 7) is 2.29. The molecule has 0 bridgehead atoms. The third kappa shape index (κ3) is 7.66. The van der Waals surface area contributed by atoms with Crippen molar-refractivity contribution in [2.75, 3.05) is 6.16 Å². The minimum absolute atomic E-state index is 1.08. The van der Waals surface area contributed by atoms with E-state index in [1.165, 1.54) is 83.2 Å². The second-order valence-corrected chi connectivity index (χ2v) is 6.86. The van der Waals surface area contributed by atoms with Gasteiger partial charge in [0, 0.05) is 0 Å². The average molecular weight is 241 g/mol. The van der Waals surface area contributed by atoms with Crippen molar-refractivity contribution in [3.8, 4) is 0 Å². The summed E-state index contributed by atoms with van der Waals surface area (Å²) in [6.07, 6.45) is 19.3. The van der Waals surface area contributed by atoms with Gasteiger partial charge in [0.1, 0.15) is 0 Å². The van der Waals surface area contributed by atoms with Gasteiger partial charge in [-0.05, 0) is 31.1 Å². The molecule has 0 N–H and O–H groups in total. The summed E-state index contributed by atoms with van der Waals surface area (Å²) in [5, 5.41) is 0. The molecule has 1 rings (SSSR count). The van der Waals surface area contributed by atoms with E-state index in [0.717, 1.165) is 5.66 Å². The average Bonchev–Trinajstić information content (AvgIpc) is 2.34. The molecule has 0 aliphatic heterocycles. The van der Waals surface area contributed by atoms with E-state index in [2.05, 4.69) is 6.92 Å². The summed E-state index contributed by atoms with van der Waals surface area (Å²) < 4.78 is 0. The van der Waals surface area contributed by atoms with Crippen LogP contribution in [0.15, 0.2) is 0 Å². The van der Waals surface area contributed by atoms with Gasteiger partial charge < -0.3 is 0 Å². The van der Waals surface area contributed by atoms with E-state index in [0.29, 0.717) is 0 Å². The van der Waals surface area contributed by atoms with E-state index < -0.39 is 0 Å². The molecule has 1 saturated carbocycles. The van der Waals surface area contributed by atoms with Crippen LogP contribution >= 0.6 is 8.58 Å². The maximum Gasteiger partial charge on any atom is -0.0170 e. The molecule has 1 fully saturated rings. The Labute approximate surface area is 105 Å². The van der Waals surface area contributed by atoms with Crippen LogP contribution in [0.3, 0.4) is 0 Å². The van der Waals surface area contributed by atoms with Crippen LogP contribution in [0.5, 0.6) is 0 Å². The van der Waals surface area contributed by atoms with Crippen molar-refractivity contribution in [3.63, 3.8) is 0 Å². The lowest BCUT2D eigenvalue weighted by Gasteiger charge is -2.20. The van der Waals surface area contributed by atoms with Gasteiger partial charge in [0.15, 0.2) is 0 Å². The molecule has 1 aliphatic rings. The molecule has 0 aromatic rings. The Bertz CT molecular complexity index is 138. The van der Waals surface area contributed by atoms with Crippen LogP contribution in [0.1, 0.15) is 84.0 Å². The molecule has 0 heterocycles. The van der Waals surface area contributed by atoms with Crippen LogP contribution in [0, 0.1) is 0 Å². The Kier molecular flexibility index (Phi) is 9.58. The summed E-state index contributed by atoms with van der Waals surface area (Å²) in [4.78, 5) is 0. The fourth-order valence-corrected chi connectivity index (χ4v) is 4.11. The number of unbranched alkanes of at least 4 members (excludes halogenated alkanes) is 6. The molecule has 1 radical (unpaired) electrons. The Morgan fingerprint density at radius 2 is 1.44 bits per heavy atom. The first-order valence-electron chi connectivity index (χ1n) is 7.60. The monoisotopic (exact) mass is 241 g/mol. The fraction of sp³-hybridized carbons (Fsp3) is 1.00. The summed E-state index contributed by atoms with van der Waals surface area (Å²) in [5.41, 5.74) is 1.08. The molecule has 1 aliphatic carbocycles. The molecule has 95 valence electrons. The van der Waals surface area contributed by atoms with Gasteiger partial charge in [0.05, 0.1) is 0 Å². The minimum Gasteiger partial charge on any atom is -0.0775 e. The van der Waals surface area contributed by atoms with E-state index in [1.54, 1.807) is 8.58 Å². The third-order valence-electron chi connectivity index (χ3n) is 3.72. The maximum absolute atomic E-state index is 2.29. The van der Waals surface area contributed by atoms with Gasteiger partial charge in [-0.3, -0.25) is 0 Å². The summed E-state index contributed by atoms with van der Waals surface area (Å²) in [7, 11) is 1.78. The first-order valence-corrected chi connectivity index (χ1v) is 8.75. The van der Waals surface area contributed by atoms with Crippen molar-refractivity contribution < 1.29 is 0 Å². The zero-order chi connectivity index (χ0) is 11.5. The highest BCUT2D eigenvalue weighted by Gasteiger charge is 2.12. The Morgan fingerprint density at radius 1 is 0.812 bits per heavy atom. The van der Waals surface area contributed by atoms with Gasteiger partial charge in [-0.1, -0.05) is 73.3 Å². The van der Waals surface area contributed by atoms with Gasteiger partial charge in [-0.2, -0.15) is 0 Å². The zero-order valence-corrected chi connectivity index (χ0v) is 12.1. The molecule has 0 spiro atoms. The van der Waals surface area contributed by atoms with Crippen molar-refractivity contribution in [3.05, 3.63) is 0 Å². The zero-order valence-electron chi connectivity index (χ0n) is 11.2. The standard InChI is InChI=1S/C15H30P/c1-2-3-4-5-6-7-11-14-16-15-12-9-8-10-13-15/h15H,2-14H2,1H3. The lowest BCUT2D eigenvalue weighted by atomic mass is 10.0. The smallest absolute Gasteiger partial charge is 0.0170 e. The van der Waals surface area contributed by atoms with Gasteiger partial charge in [0.2, 0.25) is 0 Å². The van der Waals surface area contributed by atoms with Gasteiger partial charge >= 0.3 is 0 Å². The molecule has 0 unspecified atom stereocenters. The van der Waals surface area contributed by atoms with Gasteiger partial charge in [-0.25, -0.2) is 0 Å². The first kappa shape index (κ1) is 14.5. The molecule has 0 nitrogen and oxygen atoms in total. The molecule has 0 saturated heterocycles. The lowest BCUT2D eigenvalue weighted by Crippen LogP contribution is -2.06. The lowest BCUT2D eigenvalue weighted by molar-refractivity contribution is 0.512. The molecule has 1 heteroatoms. The van der Waals surface area contributed by atoms with E-state index in [4.69, 9.17) is 0 Å². The predicted octanol–water partition coefficient (Wildman–Crippen LogP) is 6.02. The van der Waals surface area contributed by atoms with Crippen LogP contribution < -0.4 is 0 Å². The minimum atomic E-state index is 1.08. The van der Waals surface area contributed by atoms with Gasteiger partial charge in [0.25, 0.3) is 0 Å². The summed E-state index contributed by atoms with van der Waals surface area (Å²) in [5.74, 6) is 0. The van der Waals surface area contributed by atoms with Crippen LogP contribution in [-0.4, -0.2) is 11.8 Å². The second-order valence-electron chi connectivity index (χ2n) is 5.32. The van der Waals surface area contributed by atoms with Crippen LogP contribution in [0.2, 0.25) is 0 Å². The number of rotatable bonds is 9. The molecule has 0 atom stereocenters. The second kappa shape index (κ2) is 10.6. The Balaban J connectivity index is 1.77. The topological polar surface area (TPSA) is 0 Å². The van der Waals surface area contributed by atoms with Crippen LogP contribution in [-0.2, 0) is 0 Å². The van der Waals surface area contributed by atoms with E-state index in [9.17, 15) is 0 Å². The fourth-order valence-electron chi connectivity index (χ4n) is 2.61. The first-order chi connectivity index (χ1) is 7.93. The number of hydrogen-bond donors (Lipinski definition) is 0. The van der Waals surface area contributed by atoms with E-state index in [1.807, 2.05) is 0 Å². The molecular formula is C15H30P. The highest BCUT2D eigenvalue weighted by atomic mass is 31.1. The quantitative estimate of drug-likeness (QED) is 0.342. The highest BCUT2D eigenvalue weighted by Crippen LogP contribution is 2.33. The molecule has 0 amide bonds. The van der Waals surface area contributed by atoms with E-state index >= 15 is 0 Å². The summed E-state index contributed by atoms with van der Waals surface area (Å²) in [6, 6.07) is 0. The normalized spacial score (nSPS) is 18.6. The van der Waals surface area contributed by atoms with Crippen LogP contribution in [0.25, 0.3) is 0 Å².